The van der Waals surface area contributed by atoms with Crippen LogP contribution in [0.3, 0.4) is 0 Å². The van der Waals surface area contributed by atoms with Crippen molar-refractivity contribution < 1.29 is 19.1 Å². The summed E-state index contributed by atoms with van der Waals surface area (Å²) in [6.45, 7) is 0.944. The van der Waals surface area contributed by atoms with Gasteiger partial charge in [-0.2, -0.15) is 0 Å². The Kier molecular flexibility index (Phi) is 5.48. The number of benzene rings is 1. The van der Waals surface area contributed by atoms with Gasteiger partial charge in [0.05, 0.1) is 29.7 Å². The number of hydrogen-bond donors (Lipinski definition) is 2. The summed E-state index contributed by atoms with van der Waals surface area (Å²) in [5.74, 6) is -0.823. The summed E-state index contributed by atoms with van der Waals surface area (Å²) in [6.07, 6.45) is 1.93. The maximum absolute atomic E-state index is 12.7. The quantitative estimate of drug-likeness (QED) is 0.598. The molecule has 1 aromatic carbocycles. The fraction of sp³-hybridized carbons (Fsp3) is 0.412. The van der Waals surface area contributed by atoms with E-state index in [9.17, 15) is 14.4 Å². The van der Waals surface area contributed by atoms with Crippen LogP contribution >= 0.6 is 12.2 Å². The van der Waals surface area contributed by atoms with Crippen LogP contribution in [0.15, 0.2) is 23.0 Å². The number of fused-ring (bicyclic) bond motifs is 1. The molecule has 3 rings (SSSR count). The minimum atomic E-state index is -0.510. The number of methoxy groups -OCH3 is 1. The highest BCUT2D eigenvalue weighted by atomic mass is 32.1. The number of nitrogens with one attached hydrogen (secondary N) is 2. The molecule has 1 atom stereocenters. The van der Waals surface area contributed by atoms with Crippen LogP contribution in [0.5, 0.6) is 0 Å². The maximum atomic E-state index is 12.7. The van der Waals surface area contributed by atoms with E-state index < -0.39 is 11.5 Å². The van der Waals surface area contributed by atoms with E-state index in [0.717, 1.165) is 12.8 Å². The summed E-state index contributed by atoms with van der Waals surface area (Å²) in [7, 11) is 1.28. The second kappa shape index (κ2) is 7.79. The average molecular weight is 377 g/mol. The predicted molar refractivity (Wildman–Crippen MR) is 96.7 cm³/mol. The Labute approximate surface area is 154 Å². The third-order valence-corrected chi connectivity index (χ3v) is 4.58. The normalized spacial score (nSPS) is 16.6. The standard InChI is InChI=1S/C17H19N3O5S/c1-24-16(23)10-4-5-12-13(7-10)19-17(26)20(15(12)22)9-14(21)18-8-11-3-2-6-25-11/h4-5,7,11H,2-3,6,8-9H2,1H3,(H,18,21)(H,19,26)/t11-/m0/s1. The van der Waals surface area contributed by atoms with Crippen molar-refractivity contribution in [1.82, 2.24) is 14.9 Å². The van der Waals surface area contributed by atoms with Gasteiger partial charge in [0.1, 0.15) is 6.54 Å². The van der Waals surface area contributed by atoms with Crippen molar-refractivity contribution in [2.45, 2.75) is 25.5 Å². The highest BCUT2D eigenvalue weighted by Gasteiger charge is 2.17. The number of hydrogen-bond acceptors (Lipinski definition) is 6. The number of H-pyrrole nitrogens is 1. The largest absolute Gasteiger partial charge is 0.465 e. The van der Waals surface area contributed by atoms with Crippen LogP contribution in [0.25, 0.3) is 10.9 Å². The van der Waals surface area contributed by atoms with E-state index in [-0.39, 0.29) is 23.3 Å². The second-order valence-corrected chi connectivity index (χ2v) is 6.40. The van der Waals surface area contributed by atoms with Gasteiger partial charge in [-0.1, -0.05) is 0 Å². The van der Waals surface area contributed by atoms with Crippen molar-refractivity contribution in [2.24, 2.45) is 0 Å². The molecule has 2 N–H and O–H groups in total. The SMILES string of the molecule is COC(=O)c1ccc2c(=O)n(CC(=O)NC[C@@H]3CCCO3)c(=S)[nH]c2c1. The lowest BCUT2D eigenvalue weighted by Crippen LogP contribution is -2.37. The third-order valence-electron chi connectivity index (χ3n) is 4.26. The van der Waals surface area contributed by atoms with Gasteiger partial charge in [0.25, 0.3) is 5.56 Å². The van der Waals surface area contributed by atoms with Gasteiger partial charge < -0.3 is 19.8 Å². The molecule has 0 saturated carbocycles. The van der Waals surface area contributed by atoms with Gasteiger partial charge in [-0.15, -0.1) is 0 Å². The molecular formula is C17H19N3O5S. The molecule has 0 bridgehead atoms. The lowest BCUT2D eigenvalue weighted by Gasteiger charge is -2.12. The van der Waals surface area contributed by atoms with E-state index >= 15 is 0 Å². The molecule has 138 valence electrons. The summed E-state index contributed by atoms with van der Waals surface area (Å²) in [5.41, 5.74) is 0.323. The van der Waals surface area contributed by atoms with Gasteiger partial charge in [0.2, 0.25) is 5.91 Å². The Morgan fingerprint density at radius 1 is 1.46 bits per heavy atom. The van der Waals surface area contributed by atoms with Crippen LogP contribution in [0.2, 0.25) is 0 Å². The van der Waals surface area contributed by atoms with E-state index in [1.807, 2.05) is 0 Å². The van der Waals surface area contributed by atoms with E-state index in [1.54, 1.807) is 0 Å². The van der Waals surface area contributed by atoms with Gasteiger partial charge in [-0.25, -0.2) is 4.79 Å². The summed E-state index contributed by atoms with van der Waals surface area (Å²) >= 11 is 5.20. The molecule has 8 nitrogen and oxygen atoms in total. The van der Waals surface area contributed by atoms with Crippen LogP contribution in [-0.4, -0.2) is 47.8 Å². The van der Waals surface area contributed by atoms with Gasteiger partial charge in [0, 0.05) is 13.2 Å². The molecule has 1 saturated heterocycles. The van der Waals surface area contributed by atoms with E-state index in [2.05, 4.69) is 15.0 Å². The molecular weight excluding hydrogens is 358 g/mol. The lowest BCUT2D eigenvalue weighted by atomic mass is 10.1. The minimum absolute atomic E-state index is 0.0264. The van der Waals surface area contributed by atoms with Crippen LogP contribution < -0.4 is 10.9 Å². The van der Waals surface area contributed by atoms with Crippen molar-refractivity contribution in [2.75, 3.05) is 20.3 Å². The zero-order valence-corrected chi connectivity index (χ0v) is 15.1. The first-order valence-electron chi connectivity index (χ1n) is 8.23. The summed E-state index contributed by atoms with van der Waals surface area (Å²) < 4.78 is 11.4. The summed E-state index contributed by atoms with van der Waals surface area (Å²) in [6, 6.07) is 4.50. The molecule has 1 fully saturated rings. The Morgan fingerprint density at radius 2 is 2.27 bits per heavy atom. The molecule has 9 heteroatoms. The monoisotopic (exact) mass is 377 g/mol. The van der Waals surface area contributed by atoms with Gasteiger partial charge >= 0.3 is 5.97 Å². The van der Waals surface area contributed by atoms with Crippen LogP contribution in [-0.2, 0) is 20.8 Å². The average Bonchev–Trinajstić information content (AvgIpc) is 3.16. The first-order valence-corrected chi connectivity index (χ1v) is 8.64. The van der Waals surface area contributed by atoms with Gasteiger partial charge in [-0.3, -0.25) is 14.2 Å². The molecule has 0 aliphatic carbocycles. The fourth-order valence-corrected chi connectivity index (χ4v) is 3.13. The van der Waals surface area contributed by atoms with Crippen LogP contribution in [0, 0.1) is 4.77 Å². The number of carbonyl (C=O) groups excluding carboxylic acids is 2. The molecule has 0 spiro atoms. The number of esters is 1. The molecule has 1 aromatic heterocycles. The van der Waals surface area contributed by atoms with Crippen molar-refractivity contribution in [3.05, 3.63) is 38.9 Å². The highest BCUT2D eigenvalue weighted by Crippen LogP contribution is 2.12. The number of nitrogens with zero attached hydrogens (tertiary/aromatic N) is 1. The third kappa shape index (κ3) is 3.83. The number of amides is 1. The number of rotatable bonds is 5. The lowest BCUT2D eigenvalue weighted by molar-refractivity contribution is -0.122. The fourth-order valence-electron chi connectivity index (χ4n) is 2.88. The number of aromatic amines is 1. The molecule has 0 unspecified atom stereocenters. The Hall–Kier alpha value is -2.52. The van der Waals surface area contributed by atoms with Crippen molar-refractivity contribution in [3.8, 4) is 0 Å². The number of carbonyl (C=O) groups is 2. The summed E-state index contributed by atoms with van der Waals surface area (Å²) in [5, 5.41) is 3.09. The van der Waals surface area contributed by atoms with Crippen molar-refractivity contribution >= 4 is 35.0 Å². The van der Waals surface area contributed by atoms with Gasteiger partial charge in [-0.05, 0) is 43.3 Å². The summed E-state index contributed by atoms with van der Waals surface area (Å²) in [4.78, 5) is 39.3. The predicted octanol–water partition coefficient (Wildman–Crippen LogP) is 1.14. The molecule has 26 heavy (non-hydrogen) atoms. The Bertz CT molecular complexity index is 959. The first kappa shape index (κ1) is 18.3. The smallest absolute Gasteiger partial charge is 0.337 e. The van der Waals surface area contributed by atoms with E-state index in [1.165, 1.54) is 29.9 Å². The minimum Gasteiger partial charge on any atom is -0.465 e. The molecule has 2 aromatic rings. The van der Waals surface area contributed by atoms with Gasteiger partial charge in [0.15, 0.2) is 4.77 Å². The Balaban J connectivity index is 1.82. The number of ether oxygens (including phenoxy) is 2. The van der Waals surface area contributed by atoms with E-state index in [4.69, 9.17) is 17.0 Å². The molecule has 1 aliphatic heterocycles. The molecule has 2 heterocycles. The van der Waals surface area contributed by atoms with E-state index in [0.29, 0.717) is 29.6 Å². The van der Waals surface area contributed by atoms with Crippen molar-refractivity contribution in [3.63, 3.8) is 0 Å². The van der Waals surface area contributed by atoms with Crippen LogP contribution in [0.4, 0.5) is 0 Å². The molecule has 1 aliphatic rings. The zero-order chi connectivity index (χ0) is 18.7. The Morgan fingerprint density at radius 3 is 2.96 bits per heavy atom. The first-order chi connectivity index (χ1) is 12.5. The molecule has 1 amide bonds. The molecule has 0 radical (unpaired) electrons. The number of aromatic nitrogens is 2. The second-order valence-electron chi connectivity index (χ2n) is 6.01. The highest BCUT2D eigenvalue weighted by molar-refractivity contribution is 7.71. The maximum Gasteiger partial charge on any atom is 0.337 e. The topological polar surface area (TPSA) is 102 Å². The van der Waals surface area contributed by atoms with Crippen molar-refractivity contribution in [1.29, 1.82) is 0 Å². The van der Waals surface area contributed by atoms with Crippen LogP contribution in [0.1, 0.15) is 23.2 Å². The zero-order valence-electron chi connectivity index (χ0n) is 14.2.